The van der Waals surface area contributed by atoms with Crippen molar-refractivity contribution < 1.29 is 13.2 Å². The van der Waals surface area contributed by atoms with Gasteiger partial charge in [0.1, 0.15) is 0 Å². The van der Waals surface area contributed by atoms with Crippen LogP contribution in [0.15, 0.2) is 55.1 Å². The molecule has 3 rings (SSSR count). The van der Waals surface area contributed by atoms with E-state index in [9.17, 15) is 13.2 Å². The van der Waals surface area contributed by atoms with Crippen molar-refractivity contribution in [3.63, 3.8) is 0 Å². The summed E-state index contributed by atoms with van der Waals surface area (Å²) in [5.41, 5.74) is -0.115. The molecule has 0 aliphatic heterocycles. The van der Waals surface area contributed by atoms with Crippen LogP contribution in [0, 0.1) is 0 Å². The number of anilines is 1. The number of imidazole rings is 1. The number of rotatable bonds is 6. The Hall–Kier alpha value is -2.90. The summed E-state index contributed by atoms with van der Waals surface area (Å²) in [6.07, 6.45) is 1.37. The average Bonchev–Trinajstić information content (AvgIpc) is 3.12. The highest BCUT2D eigenvalue weighted by Gasteiger charge is 2.33. The molecular weight excluding hydrogens is 331 g/mol. The maximum atomic E-state index is 13.1. The van der Waals surface area contributed by atoms with E-state index in [0.29, 0.717) is 25.1 Å². The third kappa shape index (κ3) is 4.56. The minimum absolute atomic E-state index is 0.0284. The average molecular weight is 347 g/mol. The zero-order valence-corrected chi connectivity index (χ0v) is 13.2. The molecule has 8 heteroatoms. The summed E-state index contributed by atoms with van der Waals surface area (Å²) in [4.78, 5) is 11.7. The molecule has 0 saturated heterocycles. The first-order valence-corrected chi connectivity index (χ1v) is 7.74. The van der Waals surface area contributed by atoms with E-state index in [1.165, 1.54) is 0 Å². The van der Waals surface area contributed by atoms with Gasteiger partial charge >= 0.3 is 6.18 Å². The molecule has 0 saturated carbocycles. The van der Waals surface area contributed by atoms with Crippen molar-refractivity contribution in [3.05, 3.63) is 60.8 Å². The number of aromatic nitrogens is 4. The fourth-order valence-electron chi connectivity index (χ4n) is 2.31. The first kappa shape index (κ1) is 16.9. The third-order valence-corrected chi connectivity index (χ3v) is 3.52. The molecule has 0 amide bonds. The molecule has 130 valence electrons. The Balaban J connectivity index is 1.75. The third-order valence-electron chi connectivity index (χ3n) is 3.52. The highest BCUT2D eigenvalue weighted by atomic mass is 19.4. The molecule has 2 aromatic heterocycles. The van der Waals surface area contributed by atoms with E-state index in [0.717, 1.165) is 6.07 Å². The van der Waals surface area contributed by atoms with Gasteiger partial charge in [-0.05, 0) is 12.5 Å². The van der Waals surface area contributed by atoms with Gasteiger partial charge in [-0.3, -0.25) is 0 Å². The molecule has 1 aromatic carbocycles. The monoisotopic (exact) mass is 347 g/mol. The summed E-state index contributed by atoms with van der Waals surface area (Å²) in [5.74, 6) is -0.0284. The fourth-order valence-corrected chi connectivity index (χ4v) is 2.31. The van der Waals surface area contributed by atoms with E-state index in [4.69, 9.17) is 0 Å². The molecule has 2 heterocycles. The predicted octanol–water partition coefficient (Wildman–Crippen LogP) is 3.86. The summed E-state index contributed by atoms with van der Waals surface area (Å²) in [6.45, 7) is 1.16. The Kier molecular flexibility index (Phi) is 4.97. The topological polar surface area (TPSA) is 55.6 Å². The second-order valence-electron chi connectivity index (χ2n) is 5.41. The Bertz CT molecular complexity index is 801. The van der Waals surface area contributed by atoms with Crippen LogP contribution in [0.25, 0.3) is 11.3 Å². The summed E-state index contributed by atoms with van der Waals surface area (Å²) in [6, 6.07) is 9.69. The van der Waals surface area contributed by atoms with Crippen LogP contribution in [0.4, 0.5) is 19.1 Å². The SMILES string of the molecule is FC(F)(F)c1cc(-c2ccccc2)nc(NCCCn2ccnc2)n1. The zero-order valence-electron chi connectivity index (χ0n) is 13.2. The van der Waals surface area contributed by atoms with Crippen LogP contribution >= 0.6 is 0 Å². The normalized spacial score (nSPS) is 11.5. The first-order valence-electron chi connectivity index (χ1n) is 7.74. The van der Waals surface area contributed by atoms with Crippen molar-refractivity contribution in [2.24, 2.45) is 0 Å². The largest absolute Gasteiger partial charge is 0.433 e. The second-order valence-corrected chi connectivity index (χ2v) is 5.41. The molecular formula is C17H16F3N5. The van der Waals surface area contributed by atoms with Gasteiger partial charge in [0, 0.05) is 31.0 Å². The Labute approximate surface area is 142 Å². The molecule has 3 aromatic rings. The molecule has 0 unspecified atom stereocenters. The number of nitrogens with zero attached hydrogens (tertiary/aromatic N) is 4. The van der Waals surface area contributed by atoms with Crippen molar-refractivity contribution in [1.29, 1.82) is 0 Å². The molecule has 5 nitrogen and oxygen atoms in total. The number of alkyl halides is 3. The van der Waals surface area contributed by atoms with Crippen LogP contribution < -0.4 is 5.32 Å². The quantitative estimate of drug-likeness (QED) is 0.688. The van der Waals surface area contributed by atoms with Crippen LogP contribution in [0.3, 0.4) is 0 Å². The van der Waals surface area contributed by atoms with Crippen LogP contribution in [-0.2, 0) is 12.7 Å². The molecule has 0 bridgehead atoms. The molecule has 0 aliphatic carbocycles. The first-order chi connectivity index (χ1) is 12.0. The van der Waals surface area contributed by atoms with Crippen molar-refractivity contribution >= 4 is 5.95 Å². The summed E-state index contributed by atoms with van der Waals surface area (Å²) >= 11 is 0. The lowest BCUT2D eigenvalue weighted by molar-refractivity contribution is -0.141. The van der Waals surface area contributed by atoms with Crippen LogP contribution in [-0.4, -0.2) is 26.1 Å². The van der Waals surface area contributed by atoms with Gasteiger partial charge in [-0.15, -0.1) is 0 Å². The molecule has 0 atom stereocenters. The van der Waals surface area contributed by atoms with Crippen LogP contribution in [0.2, 0.25) is 0 Å². The standard InChI is InChI=1S/C17H16F3N5/c18-17(19,20)15-11-14(13-5-2-1-3-6-13)23-16(24-15)22-7-4-9-25-10-8-21-12-25/h1-3,5-6,8,10-12H,4,7,9H2,(H,22,23,24). The molecule has 0 aliphatic rings. The van der Waals surface area contributed by atoms with E-state index < -0.39 is 11.9 Å². The van der Waals surface area contributed by atoms with E-state index >= 15 is 0 Å². The van der Waals surface area contributed by atoms with Crippen LogP contribution in [0.5, 0.6) is 0 Å². The Morgan fingerprint density at radius 2 is 1.88 bits per heavy atom. The van der Waals surface area contributed by atoms with Gasteiger partial charge < -0.3 is 9.88 Å². The highest BCUT2D eigenvalue weighted by molar-refractivity contribution is 5.60. The predicted molar refractivity (Wildman–Crippen MR) is 87.8 cm³/mol. The molecule has 1 N–H and O–H groups in total. The van der Waals surface area contributed by atoms with Gasteiger partial charge in [0.15, 0.2) is 5.69 Å². The summed E-state index contributed by atoms with van der Waals surface area (Å²) in [7, 11) is 0. The van der Waals surface area contributed by atoms with Crippen molar-refractivity contribution in [3.8, 4) is 11.3 Å². The number of hydrogen-bond acceptors (Lipinski definition) is 4. The lowest BCUT2D eigenvalue weighted by Crippen LogP contribution is -2.14. The lowest BCUT2D eigenvalue weighted by Gasteiger charge is -2.12. The van der Waals surface area contributed by atoms with Crippen molar-refractivity contribution in [2.75, 3.05) is 11.9 Å². The maximum absolute atomic E-state index is 13.1. The van der Waals surface area contributed by atoms with E-state index in [1.807, 2.05) is 10.8 Å². The molecule has 0 fully saturated rings. The van der Waals surface area contributed by atoms with Gasteiger partial charge in [-0.1, -0.05) is 30.3 Å². The maximum Gasteiger partial charge on any atom is 0.433 e. The van der Waals surface area contributed by atoms with E-state index in [-0.39, 0.29) is 11.6 Å². The minimum Gasteiger partial charge on any atom is -0.354 e. The molecule has 0 radical (unpaired) electrons. The zero-order chi connectivity index (χ0) is 17.7. The van der Waals surface area contributed by atoms with Crippen molar-refractivity contribution in [1.82, 2.24) is 19.5 Å². The molecule has 25 heavy (non-hydrogen) atoms. The summed E-state index contributed by atoms with van der Waals surface area (Å²) in [5, 5.41) is 2.87. The van der Waals surface area contributed by atoms with Gasteiger partial charge in [0.05, 0.1) is 12.0 Å². The van der Waals surface area contributed by atoms with E-state index in [2.05, 4.69) is 20.3 Å². The number of benzene rings is 1. The fraction of sp³-hybridized carbons (Fsp3) is 0.235. The Morgan fingerprint density at radius 1 is 1.08 bits per heavy atom. The lowest BCUT2D eigenvalue weighted by atomic mass is 10.1. The second kappa shape index (κ2) is 7.33. The number of aryl methyl sites for hydroxylation is 1. The van der Waals surface area contributed by atoms with Gasteiger partial charge in [0.2, 0.25) is 5.95 Å². The number of hydrogen-bond donors (Lipinski definition) is 1. The highest BCUT2D eigenvalue weighted by Crippen LogP contribution is 2.31. The smallest absolute Gasteiger partial charge is 0.354 e. The molecule has 0 spiro atoms. The van der Waals surface area contributed by atoms with Gasteiger partial charge in [-0.2, -0.15) is 13.2 Å². The minimum atomic E-state index is -4.53. The van der Waals surface area contributed by atoms with Gasteiger partial charge in [0.25, 0.3) is 0 Å². The Morgan fingerprint density at radius 3 is 2.56 bits per heavy atom. The number of halogens is 3. The number of nitrogens with one attached hydrogen (secondary N) is 1. The van der Waals surface area contributed by atoms with Crippen LogP contribution in [0.1, 0.15) is 12.1 Å². The summed E-state index contributed by atoms with van der Waals surface area (Å²) < 4.78 is 41.2. The van der Waals surface area contributed by atoms with Gasteiger partial charge in [-0.25, -0.2) is 15.0 Å². The van der Waals surface area contributed by atoms with Crippen molar-refractivity contribution in [2.45, 2.75) is 19.1 Å². The van der Waals surface area contributed by atoms with E-state index in [1.54, 1.807) is 42.9 Å².